The number of aliphatic hydroxyl groups is 1. The van der Waals surface area contributed by atoms with E-state index in [9.17, 15) is 4.79 Å². The Bertz CT molecular complexity index is 256. The second-order valence-electron chi connectivity index (χ2n) is 5.24. The molecule has 1 rings (SSSR count). The zero-order chi connectivity index (χ0) is 13.3. The van der Waals surface area contributed by atoms with Crippen LogP contribution in [-0.2, 0) is 4.79 Å². The van der Waals surface area contributed by atoms with Crippen molar-refractivity contribution in [3.63, 3.8) is 0 Å². The summed E-state index contributed by atoms with van der Waals surface area (Å²) in [5.41, 5.74) is 6.55. The standard InChI is InChI=1S/C9H14O.C4H12N2O/c1-7-4-8(10)6-9(2,3)5-7;5-1-2-6-3-4-7/h4H,5-6H2,1-3H3;6-7H,1-5H2. The molecule has 0 heterocycles. The Morgan fingerprint density at radius 1 is 1.41 bits per heavy atom. The average Bonchev–Trinajstić information content (AvgIpc) is 2.15. The molecule has 4 nitrogen and oxygen atoms in total. The van der Waals surface area contributed by atoms with Crippen LogP contribution in [0.2, 0.25) is 0 Å². The third-order valence-corrected chi connectivity index (χ3v) is 2.43. The van der Waals surface area contributed by atoms with Gasteiger partial charge in [0, 0.05) is 26.1 Å². The van der Waals surface area contributed by atoms with Crippen LogP contribution in [0.15, 0.2) is 11.6 Å². The Balaban J connectivity index is 0.000000325. The summed E-state index contributed by atoms with van der Waals surface area (Å²) in [6.07, 6.45) is 3.55. The van der Waals surface area contributed by atoms with Crippen LogP contribution in [0.1, 0.15) is 33.6 Å². The van der Waals surface area contributed by atoms with Crippen molar-refractivity contribution in [2.45, 2.75) is 33.6 Å². The van der Waals surface area contributed by atoms with E-state index < -0.39 is 0 Å². The van der Waals surface area contributed by atoms with Crippen LogP contribution in [0.3, 0.4) is 0 Å². The molecule has 0 saturated heterocycles. The van der Waals surface area contributed by atoms with Crippen molar-refractivity contribution in [2.75, 3.05) is 26.2 Å². The van der Waals surface area contributed by atoms with Gasteiger partial charge in [0.2, 0.25) is 0 Å². The molecule has 0 aromatic heterocycles. The Labute approximate surface area is 104 Å². The molecule has 100 valence electrons. The maximum atomic E-state index is 11.0. The third kappa shape index (κ3) is 9.03. The summed E-state index contributed by atoms with van der Waals surface area (Å²) >= 11 is 0. The topological polar surface area (TPSA) is 75.4 Å². The highest BCUT2D eigenvalue weighted by Gasteiger charge is 2.25. The monoisotopic (exact) mass is 242 g/mol. The van der Waals surface area contributed by atoms with E-state index in [0.717, 1.165) is 13.0 Å². The number of nitrogens with two attached hydrogens (primary N) is 1. The molecule has 0 atom stereocenters. The summed E-state index contributed by atoms with van der Waals surface area (Å²) in [6, 6.07) is 0. The van der Waals surface area contributed by atoms with E-state index in [1.54, 1.807) is 6.08 Å². The summed E-state index contributed by atoms with van der Waals surface area (Å²) in [5, 5.41) is 11.1. The number of aliphatic hydroxyl groups excluding tert-OH is 1. The highest BCUT2D eigenvalue weighted by molar-refractivity contribution is 5.91. The van der Waals surface area contributed by atoms with Gasteiger partial charge in [-0.2, -0.15) is 0 Å². The minimum atomic E-state index is 0.194. The number of allylic oxidation sites excluding steroid dienone is 2. The lowest BCUT2D eigenvalue weighted by Gasteiger charge is -2.27. The van der Waals surface area contributed by atoms with E-state index >= 15 is 0 Å². The van der Waals surface area contributed by atoms with Gasteiger partial charge in [0.15, 0.2) is 5.78 Å². The van der Waals surface area contributed by atoms with Gasteiger partial charge in [-0.05, 0) is 24.8 Å². The van der Waals surface area contributed by atoms with Gasteiger partial charge in [-0.3, -0.25) is 4.79 Å². The van der Waals surface area contributed by atoms with Gasteiger partial charge in [0.1, 0.15) is 0 Å². The molecule has 0 aliphatic heterocycles. The van der Waals surface area contributed by atoms with Gasteiger partial charge >= 0.3 is 0 Å². The van der Waals surface area contributed by atoms with Crippen LogP contribution in [-0.4, -0.2) is 37.1 Å². The van der Waals surface area contributed by atoms with Gasteiger partial charge in [0.05, 0.1) is 6.61 Å². The van der Waals surface area contributed by atoms with Crippen molar-refractivity contribution < 1.29 is 9.90 Å². The van der Waals surface area contributed by atoms with Gasteiger partial charge in [-0.25, -0.2) is 0 Å². The lowest BCUT2D eigenvalue weighted by atomic mass is 9.77. The summed E-state index contributed by atoms with van der Waals surface area (Å²) in [4.78, 5) is 11.0. The predicted molar refractivity (Wildman–Crippen MR) is 70.8 cm³/mol. The Morgan fingerprint density at radius 3 is 2.47 bits per heavy atom. The Morgan fingerprint density at radius 2 is 2.06 bits per heavy atom. The average molecular weight is 242 g/mol. The summed E-state index contributed by atoms with van der Waals surface area (Å²) < 4.78 is 0. The first-order valence-corrected chi connectivity index (χ1v) is 6.13. The summed E-state index contributed by atoms with van der Waals surface area (Å²) in [5.74, 6) is 0.286. The number of hydrogen-bond acceptors (Lipinski definition) is 4. The van der Waals surface area contributed by atoms with Crippen LogP contribution in [0.4, 0.5) is 0 Å². The minimum Gasteiger partial charge on any atom is -0.395 e. The molecule has 0 spiro atoms. The van der Waals surface area contributed by atoms with E-state index in [1.165, 1.54) is 5.57 Å². The molecule has 1 aliphatic carbocycles. The fourth-order valence-corrected chi connectivity index (χ4v) is 1.97. The van der Waals surface area contributed by atoms with Crippen molar-refractivity contribution in [3.8, 4) is 0 Å². The number of rotatable bonds is 4. The van der Waals surface area contributed by atoms with E-state index in [1.807, 2.05) is 6.92 Å². The highest BCUT2D eigenvalue weighted by Crippen LogP contribution is 2.32. The number of hydrogen-bond donors (Lipinski definition) is 3. The number of carbonyl (C=O) groups is 1. The fraction of sp³-hybridized carbons (Fsp3) is 0.769. The van der Waals surface area contributed by atoms with Crippen molar-refractivity contribution in [1.82, 2.24) is 5.32 Å². The first kappa shape index (κ1) is 16.3. The molecule has 0 radical (unpaired) electrons. The van der Waals surface area contributed by atoms with E-state index in [2.05, 4.69) is 19.2 Å². The quantitative estimate of drug-likeness (QED) is 0.639. The first-order chi connectivity index (χ1) is 7.91. The van der Waals surface area contributed by atoms with E-state index in [0.29, 0.717) is 19.5 Å². The lowest BCUT2D eigenvalue weighted by molar-refractivity contribution is -0.117. The maximum absolute atomic E-state index is 11.0. The van der Waals surface area contributed by atoms with Gasteiger partial charge in [0.25, 0.3) is 0 Å². The third-order valence-electron chi connectivity index (χ3n) is 2.43. The van der Waals surface area contributed by atoms with Crippen molar-refractivity contribution in [2.24, 2.45) is 11.1 Å². The molecular formula is C13H26N2O2. The van der Waals surface area contributed by atoms with Crippen molar-refractivity contribution in [3.05, 3.63) is 11.6 Å². The second-order valence-corrected chi connectivity index (χ2v) is 5.24. The van der Waals surface area contributed by atoms with Crippen molar-refractivity contribution >= 4 is 5.78 Å². The zero-order valence-corrected chi connectivity index (χ0v) is 11.3. The molecular weight excluding hydrogens is 216 g/mol. The highest BCUT2D eigenvalue weighted by atomic mass is 16.3. The lowest BCUT2D eigenvalue weighted by Crippen LogP contribution is -2.24. The molecule has 0 saturated carbocycles. The molecule has 0 amide bonds. The van der Waals surface area contributed by atoms with Crippen LogP contribution in [0, 0.1) is 5.41 Å². The predicted octanol–water partition coefficient (Wildman–Crippen LogP) is 0.849. The van der Waals surface area contributed by atoms with Crippen LogP contribution >= 0.6 is 0 Å². The Hall–Kier alpha value is -0.710. The fourth-order valence-electron chi connectivity index (χ4n) is 1.97. The van der Waals surface area contributed by atoms with E-state index in [4.69, 9.17) is 10.8 Å². The van der Waals surface area contributed by atoms with Crippen LogP contribution in [0.5, 0.6) is 0 Å². The Kier molecular flexibility index (Phi) is 8.04. The normalized spacial score (nSPS) is 18.2. The van der Waals surface area contributed by atoms with Gasteiger partial charge in [-0.1, -0.05) is 19.4 Å². The van der Waals surface area contributed by atoms with Crippen LogP contribution < -0.4 is 11.1 Å². The van der Waals surface area contributed by atoms with E-state index in [-0.39, 0.29) is 17.8 Å². The van der Waals surface area contributed by atoms with Gasteiger partial charge < -0.3 is 16.2 Å². The molecule has 1 aliphatic rings. The number of ketones is 1. The first-order valence-electron chi connectivity index (χ1n) is 6.13. The second kappa shape index (κ2) is 8.39. The van der Waals surface area contributed by atoms with Crippen molar-refractivity contribution in [1.29, 1.82) is 0 Å². The summed E-state index contributed by atoms with van der Waals surface area (Å²) in [6.45, 7) is 8.58. The molecule has 17 heavy (non-hydrogen) atoms. The van der Waals surface area contributed by atoms with Gasteiger partial charge in [-0.15, -0.1) is 0 Å². The molecule has 0 bridgehead atoms. The molecule has 0 aromatic rings. The maximum Gasteiger partial charge on any atom is 0.156 e. The molecule has 0 fully saturated rings. The molecule has 4 N–H and O–H groups in total. The molecule has 4 heteroatoms. The molecule has 0 aromatic carbocycles. The largest absolute Gasteiger partial charge is 0.395 e. The number of carbonyl (C=O) groups excluding carboxylic acids is 1. The smallest absolute Gasteiger partial charge is 0.156 e. The SMILES string of the molecule is CC1=CC(=O)CC(C)(C)C1.NCCNCCO. The summed E-state index contributed by atoms with van der Waals surface area (Å²) in [7, 11) is 0. The minimum absolute atomic E-state index is 0.194. The van der Waals surface area contributed by atoms with Crippen LogP contribution in [0.25, 0.3) is 0 Å². The molecule has 0 unspecified atom stereocenters. The zero-order valence-electron chi connectivity index (χ0n) is 11.3. The number of nitrogens with one attached hydrogen (secondary N) is 1.